The zero-order valence-corrected chi connectivity index (χ0v) is 11.8. The van der Waals surface area contributed by atoms with Gasteiger partial charge in [0, 0.05) is 6.04 Å². The van der Waals surface area contributed by atoms with Gasteiger partial charge < -0.3 is 5.11 Å². The van der Waals surface area contributed by atoms with E-state index in [9.17, 15) is 9.90 Å². The molecule has 1 amide bonds. The summed E-state index contributed by atoms with van der Waals surface area (Å²) in [6, 6.07) is 9.56. The summed E-state index contributed by atoms with van der Waals surface area (Å²) >= 11 is 0. The summed E-state index contributed by atoms with van der Waals surface area (Å²) in [4.78, 5) is 13.1. The Morgan fingerprint density at radius 2 is 1.67 bits per heavy atom. The Morgan fingerprint density at radius 3 is 2.06 bits per heavy atom. The van der Waals surface area contributed by atoms with E-state index in [1.807, 2.05) is 44.2 Å². The van der Waals surface area contributed by atoms with E-state index >= 15 is 0 Å². The Morgan fingerprint density at radius 1 is 1.17 bits per heavy atom. The van der Waals surface area contributed by atoms with Gasteiger partial charge in [-0.1, -0.05) is 51.1 Å². The molecule has 2 atom stereocenters. The Labute approximate surface area is 109 Å². The van der Waals surface area contributed by atoms with Crippen LogP contribution in [0.15, 0.2) is 30.3 Å². The van der Waals surface area contributed by atoms with Crippen LogP contribution in [-0.4, -0.2) is 22.1 Å². The second-order valence-electron chi connectivity index (χ2n) is 5.82. The number of hydrogen-bond donors (Lipinski definition) is 1. The van der Waals surface area contributed by atoms with Gasteiger partial charge in [-0.05, 0) is 24.8 Å². The number of rotatable bonds is 3. The highest BCUT2D eigenvalue weighted by Crippen LogP contribution is 2.31. The van der Waals surface area contributed by atoms with Crippen LogP contribution in [0, 0.1) is 5.41 Å². The lowest BCUT2D eigenvalue weighted by Gasteiger charge is -2.39. The van der Waals surface area contributed by atoms with Gasteiger partial charge >= 0.3 is 6.09 Å². The van der Waals surface area contributed by atoms with E-state index < -0.39 is 6.09 Å². The van der Waals surface area contributed by atoms with Crippen LogP contribution in [0.25, 0.3) is 0 Å². The van der Waals surface area contributed by atoms with Gasteiger partial charge in [0.25, 0.3) is 0 Å². The van der Waals surface area contributed by atoms with E-state index in [1.54, 1.807) is 0 Å². The Hall–Kier alpha value is -1.51. The van der Waals surface area contributed by atoms with E-state index in [4.69, 9.17) is 0 Å². The fourth-order valence-electron chi connectivity index (χ4n) is 1.98. The van der Waals surface area contributed by atoms with Gasteiger partial charge in [-0.2, -0.15) is 0 Å². The summed E-state index contributed by atoms with van der Waals surface area (Å²) in [6.45, 7) is 10.1. The summed E-state index contributed by atoms with van der Waals surface area (Å²) in [7, 11) is 0. The molecule has 0 radical (unpaired) electrons. The van der Waals surface area contributed by atoms with Crippen molar-refractivity contribution >= 4 is 6.09 Å². The van der Waals surface area contributed by atoms with Gasteiger partial charge in [-0.3, -0.25) is 4.90 Å². The summed E-state index contributed by atoms with van der Waals surface area (Å²) in [6.07, 6.45) is -0.867. The molecule has 0 aliphatic heterocycles. The van der Waals surface area contributed by atoms with Crippen molar-refractivity contribution in [3.63, 3.8) is 0 Å². The first kappa shape index (κ1) is 14.6. The molecule has 1 aromatic rings. The van der Waals surface area contributed by atoms with Crippen LogP contribution < -0.4 is 0 Å². The van der Waals surface area contributed by atoms with E-state index in [-0.39, 0.29) is 17.5 Å². The van der Waals surface area contributed by atoms with Crippen LogP contribution in [0.2, 0.25) is 0 Å². The third-order valence-corrected chi connectivity index (χ3v) is 3.59. The van der Waals surface area contributed by atoms with Gasteiger partial charge in [0.2, 0.25) is 0 Å². The SMILES string of the molecule is CC(c1ccccc1)N(C(=O)O)C(C)C(C)(C)C. The van der Waals surface area contributed by atoms with Crippen LogP contribution in [0.5, 0.6) is 0 Å². The minimum absolute atomic E-state index is 0.0507. The van der Waals surface area contributed by atoms with E-state index in [0.29, 0.717) is 0 Å². The van der Waals surface area contributed by atoms with Crippen molar-refractivity contribution in [1.82, 2.24) is 4.90 Å². The van der Waals surface area contributed by atoms with Crippen molar-refractivity contribution in [2.45, 2.75) is 46.7 Å². The highest BCUT2D eigenvalue weighted by atomic mass is 16.4. The Balaban J connectivity index is 3.04. The average Bonchev–Trinajstić information content (AvgIpc) is 2.28. The molecule has 3 nitrogen and oxygen atoms in total. The number of carbonyl (C=O) groups is 1. The summed E-state index contributed by atoms with van der Waals surface area (Å²) < 4.78 is 0. The predicted octanol–water partition coefficient (Wildman–Crippen LogP) is 4.16. The average molecular weight is 249 g/mol. The summed E-state index contributed by atoms with van der Waals surface area (Å²) in [5.74, 6) is 0. The minimum Gasteiger partial charge on any atom is -0.465 e. The zero-order valence-electron chi connectivity index (χ0n) is 11.8. The third-order valence-electron chi connectivity index (χ3n) is 3.59. The van der Waals surface area contributed by atoms with Gasteiger partial charge in [0.15, 0.2) is 0 Å². The fraction of sp³-hybridized carbons (Fsp3) is 0.533. The first-order valence-electron chi connectivity index (χ1n) is 6.31. The van der Waals surface area contributed by atoms with Crippen LogP contribution in [0.1, 0.15) is 46.2 Å². The van der Waals surface area contributed by atoms with Crippen molar-refractivity contribution in [1.29, 1.82) is 0 Å². The Kier molecular flexibility index (Phi) is 4.38. The van der Waals surface area contributed by atoms with Crippen LogP contribution in [-0.2, 0) is 0 Å². The van der Waals surface area contributed by atoms with Crippen molar-refractivity contribution in [2.24, 2.45) is 5.41 Å². The molecule has 0 saturated heterocycles. The molecule has 1 N–H and O–H groups in total. The lowest BCUT2D eigenvalue weighted by atomic mass is 9.86. The molecular formula is C15H23NO2. The van der Waals surface area contributed by atoms with Crippen molar-refractivity contribution in [3.8, 4) is 0 Å². The minimum atomic E-state index is -0.867. The molecule has 2 unspecified atom stereocenters. The summed E-state index contributed by atoms with van der Waals surface area (Å²) in [5, 5.41) is 9.46. The van der Waals surface area contributed by atoms with Gasteiger partial charge in [0.05, 0.1) is 6.04 Å². The fourth-order valence-corrected chi connectivity index (χ4v) is 1.98. The standard InChI is InChI=1S/C15H23NO2/c1-11(13-9-7-6-8-10-13)16(14(17)18)12(2)15(3,4)5/h6-12H,1-5H3,(H,17,18). The molecule has 0 fully saturated rings. The molecule has 1 rings (SSSR count). The van der Waals surface area contributed by atoms with Gasteiger partial charge in [0.1, 0.15) is 0 Å². The first-order chi connectivity index (χ1) is 8.25. The highest BCUT2D eigenvalue weighted by Gasteiger charge is 2.33. The molecule has 0 aromatic heterocycles. The number of carboxylic acid groups (broad SMARTS) is 1. The smallest absolute Gasteiger partial charge is 0.408 e. The first-order valence-corrected chi connectivity index (χ1v) is 6.31. The molecule has 0 saturated carbocycles. The van der Waals surface area contributed by atoms with Crippen molar-refractivity contribution in [3.05, 3.63) is 35.9 Å². The van der Waals surface area contributed by atoms with Crippen molar-refractivity contribution in [2.75, 3.05) is 0 Å². The summed E-state index contributed by atoms with van der Waals surface area (Å²) in [5.41, 5.74) is 0.942. The quantitative estimate of drug-likeness (QED) is 0.873. The predicted molar refractivity (Wildman–Crippen MR) is 73.6 cm³/mol. The maximum absolute atomic E-state index is 11.5. The van der Waals surface area contributed by atoms with E-state index in [2.05, 4.69) is 20.8 Å². The van der Waals surface area contributed by atoms with Crippen LogP contribution in [0.3, 0.4) is 0 Å². The molecule has 0 spiro atoms. The molecule has 3 heteroatoms. The largest absolute Gasteiger partial charge is 0.465 e. The topological polar surface area (TPSA) is 40.5 Å². The molecule has 0 bridgehead atoms. The number of benzene rings is 1. The number of hydrogen-bond acceptors (Lipinski definition) is 1. The van der Waals surface area contributed by atoms with Crippen LogP contribution in [0.4, 0.5) is 4.79 Å². The maximum atomic E-state index is 11.5. The third kappa shape index (κ3) is 3.25. The lowest BCUT2D eigenvalue weighted by Crippen LogP contribution is -2.46. The molecule has 0 aliphatic carbocycles. The normalized spacial score (nSPS) is 14.9. The van der Waals surface area contributed by atoms with E-state index in [1.165, 1.54) is 4.90 Å². The van der Waals surface area contributed by atoms with Crippen LogP contribution >= 0.6 is 0 Å². The van der Waals surface area contributed by atoms with Gasteiger partial charge in [-0.25, -0.2) is 4.79 Å². The molecule has 0 aliphatic rings. The monoisotopic (exact) mass is 249 g/mol. The highest BCUT2D eigenvalue weighted by molar-refractivity contribution is 5.66. The zero-order chi connectivity index (χ0) is 13.9. The maximum Gasteiger partial charge on any atom is 0.408 e. The van der Waals surface area contributed by atoms with Crippen molar-refractivity contribution < 1.29 is 9.90 Å². The Bertz CT molecular complexity index is 395. The van der Waals surface area contributed by atoms with Gasteiger partial charge in [-0.15, -0.1) is 0 Å². The number of nitrogens with zero attached hydrogens (tertiary/aromatic N) is 1. The second kappa shape index (κ2) is 5.42. The molecule has 1 aromatic carbocycles. The second-order valence-corrected chi connectivity index (χ2v) is 5.82. The van der Waals surface area contributed by atoms with E-state index in [0.717, 1.165) is 5.56 Å². The lowest BCUT2D eigenvalue weighted by molar-refractivity contribution is 0.0671. The molecule has 18 heavy (non-hydrogen) atoms. The molecular weight excluding hydrogens is 226 g/mol. The molecule has 0 heterocycles. The molecule has 100 valence electrons. The number of amides is 1.